The van der Waals surface area contributed by atoms with Gasteiger partial charge >= 0.3 is 5.97 Å². The molecule has 1 rings (SSSR count). The summed E-state index contributed by atoms with van der Waals surface area (Å²) in [7, 11) is 0. The molecule has 3 nitrogen and oxygen atoms in total. The van der Waals surface area contributed by atoms with Crippen LogP contribution in [0.3, 0.4) is 0 Å². The second kappa shape index (κ2) is 4.09. The van der Waals surface area contributed by atoms with Crippen molar-refractivity contribution in [3.05, 3.63) is 16.1 Å². The van der Waals surface area contributed by atoms with Crippen LogP contribution in [-0.4, -0.2) is 16.6 Å². The highest BCUT2D eigenvalue weighted by atomic mass is 32.1. The first-order valence-corrected chi connectivity index (χ1v) is 5.37. The third-order valence-electron chi connectivity index (χ3n) is 1.38. The molecule has 1 aromatic rings. The van der Waals surface area contributed by atoms with Crippen LogP contribution in [0.25, 0.3) is 0 Å². The fourth-order valence-corrected chi connectivity index (χ4v) is 1.74. The van der Waals surface area contributed by atoms with E-state index >= 15 is 0 Å². The lowest BCUT2D eigenvalue weighted by molar-refractivity contribution is -0.153. The maximum absolute atomic E-state index is 11.4. The summed E-state index contributed by atoms with van der Waals surface area (Å²) in [5.74, 6) is -0.216. The average molecular weight is 213 g/mol. The van der Waals surface area contributed by atoms with E-state index < -0.39 is 5.60 Å². The van der Waals surface area contributed by atoms with Gasteiger partial charge in [-0.05, 0) is 27.7 Å². The van der Waals surface area contributed by atoms with Crippen LogP contribution in [0.15, 0.2) is 5.38 Å². The molecule has 0 aliphatic carbocycles. The Morgan fingerprint density at radius 2 is 2.21 bits per heavy atom. The van der Waals surface area contributed by atoms with Crippen molar-refractivity contribution in [1.29, 1.82) is 0 Å². The van der Waals surface area contributed by atoms with E-state index in [4.69, 9.17) is 4.74 Å². The van der Waals surface area contributed by atoms with E-state index in [1.54, 1.807) is 0 Å². The fraction of sp³-hybridized carbons (Fsp3) is 0.600. The number of aryl methyl sites for hydroxylation is 1. The molecule has 0 aliphatic heterocycles. The summed E-state index contributed by atoms with van der Waals surface area (Å²) in [6.45, 7) is 7.49. The highest BCUT2D eigenvalue weighted by Crippen LogP contribution is 2.13. The van der Waals surface area contributed by atoms with Crippen LogP contribution < -0.4 is 0 Å². The van der Waals surface area contributed by atoms with Gasteiger partial charge in [-0.15, -0.1) is 11.3 Å². The van der Waals surface area contributed by atoms with E-state index in [-0.39, 0.29) is 12.4 Å². The van der Waals surface area contributed by atoms with Gasteiger partial charge in [0.15, 0.2) is 0 Å². The summed E-state index contributed by atoms with van der Waals surface area (Å²) < 4.78 is 5.18. The second-order valence-electron chi connectivity index (χ2n) is 4.15. The molecule has 1 aromatic heterocycles. The van der Waals surface area contributed by atoms with Crippen LogP contribution in [-0.2, 0) is 16.0 Å². The number of rotatable bonds is 2. The Bertz CT molecular complexity index is 325. The highest BCUT2D eigenvalue weighted by Gasteiger charge is 2.17. The molecule has 0 saturated heterocycles. The van der Waals surface area contributed by atoms with Crippen LogP contribution in [0.5, 0.6) is 0 Å². The lowest BCUT2D eigenvalue weighted by Crippen LogP contribution is -2.24. The Morgan fingerprint density at radius 1 is 1.57 bits per heavy atom. The molecule has 0 spiro atoms. The predicted molar refractivity (Wildman–Crippen MR) is 56.4 cm³/mol. The molecule has 0 fully saturated rings. The summed E-state index contributed by atoms with van der Waals surface area (Å²) in [6, 6.07) is 0. The van der Waals surface area contributed by atoms with E-state index in [0.717, 1.165) is 10.7 Å². The van der Waals surface area contributed by atoms with E-state index in [1.807, 2.05) is 33.1 Å². The molecule has 0 aliphatic rings. The van der Waals surface area contributed by atoms with E-state index in [2.05, 4.69) is 4.98 Å². The molecular weight excluding hydrogens is 198 g/mol. The average Bonchev–Trinajstić information content (AvgIpc) is 2.30. The summed E-state index contributed by atoms with van der Waals surface area (Å²) in [5, 5.41) is 2.75. The SMILES string of the molecule is Cc1csc(CC(=O)OC(C)(C)C)n1. The zero-order valence-corrected chi connectivity index (χ0v) is 9.77. The minimum atomic E-state index is -0.413. The van der Waals surface area contributed by atoms with Crippen molar-refractivity contribution in [2.24, 2.45) is 0 Å². The van der Waals surface area contributed by atoms with Crippen molar-refractivity contribution < 1.29 is 9.53 Å². The number of carbonyl (C=O) groups excluding carboxylic acids is 1. The molecular formula is C10H15NO2S. The van der Waals surface area contributed by atoms with Gasteiger partial charge in [0, 0.05) is 11.1 Å². The van der Waals surface area contributed by atoms with Crippen molar-refractivity contribution in [3.8, 4) is 0 Å². The zero-order chi connectivity index (χ0) is 10.8. The van der Waals surface area contributed by atoms with Gasteiger partial charge in [-0.1, -0.05) is 0 Å². The first-order chi connectivity index (χ1) is 6.37. The lowest BCUT2D eigenvalue weighted by atomic mass is 10.2. The molecule has 0 bridgehead atoms. The summed E-state index contributed by atoms with van der Waals surface area (Å²) in [4.78, 5) is 15.6. The predicted octanol–water partition coefficient (Wildman–Crippen LogP) is 2.34. The lowest BCUT2D eigenvalue weighted by Gasteiger charge is -2.18. The summed E-state index contributed by atoms with van der Waals surface area (Å²) in [5.41, 5.74) is 0.539. The standard InChI is InChI=1S/C10H15NO2S/c1-7-6-14-8(11-7)5-9(12)13-10(2,3)4/h6H,5H2,1-4H3. The van der Waals surface area contributed by atoms with Crippen LogP contribution >= 0.6 is 11.3 Å². The van der Waals surface area contributed by atoms with Crippen LogP contribution in [0.4, 0.5) is 0 Å². The number of hydrogen-bond acceptors (Lipinski definition) is 4. The van der Waals surface area contributed by atoms with Crippen LogP contribution in [0.1, 0.15) is 31.5 Å². The zero-order valence-electron chi connectivity index (χ0n) is 8.96. The van der Waals surface area contributed by atoms with Crippen molar-refractivity contribution in [3.63, 3.8) is 0 Å². The van der Waals surface area contributed by atoms with Crippen molar-refractivity contribution in [2.75, 3.05) is 0 Å². The van der Waals surface area contributed by atoms with Gasteiger partial charge in [0.2, 0.25) is 0 Å². The largest absolute Gasteiger partial charge is 0.460 e. The summed E-state index contributed by atoms with van der Waals surface area (Å²) in [6.07, 6.45) is 0.274. The smallest absolute Gasteiger partial charge is 0.313 e. The molecule has 0 aromatic carbocycles. The normalized spacial score (nSPS) is 11.4. The number of aromatic nitrogens is 1. The number of hydrogen-bond donors (Lipinski definition) is 0. The number of esters is 1. The fourth-order valence-electron chi connectivity index (χ4n) is 0.985. The third-order valence-corrected chi connectivity index (χ3v) is 2.35. The molecule has 0 saturated carbocycles. The Balaban J connectivity index is 2.50. The van der Waals surface area contributed by atoms with E-state index in [0.29, 0.717) is 0 Å². The molecule has 0 radical (unpaired) electrons. The quantitative estimate of drug-likeness (QED) is 0.708. The minimum absolute atomic E-state index is 0.216. The Hall–Kier alpha value is -0.900. The highest BCUT2D eigenvalue weighted by molar-refractivity contribution is 7.09. The molecule has 0 unspecified atom stereocenters. The van der Waals surface area contributed by atoms with Gasteiger partial charge < -0.3 is 4.74 Å². The van der Waals surface area contributed by atoms with Crippen molar-refractivity contribution in [2.45, 2.75) is 39.7 Å². The number of nitrogens with zero attached hydrogens (tertiary/aromatic N) is 1. The topological polar surface area (TPSA) is 39.2 Å². The summed E-state index contributed by atoms with van der Waals surface area (Å²) >= 11 is 1.49. The molecule has 1 heterocycles. The number of ether oxygens (including phenoxy) is 1. The Labute approximate surface area is 88.1 Å². The maximum Gasteiger partial charge on any atom is 0.313 e. The first-order valence-electron chi connectivity index (χ1n) is 4.50. The van der Waals surface area contributed by atoms with Gasteiger partial charge in [-0.3, -0.25) is 4.79 Å². The van der Waals surface area contributed by atoms with E-state index in [9.17, 15) is 4.79 Å². The molecule has 0 amide bonds. The maximum atomic E-state index is 11.4. The molecule has 14 heavy (non-hydrogen) atoms. The number of thiazole rings is 1. The third kappa shape index (κ3) is 3.87. The van der Waals surface area contributed by atoms with Gasteiger partial charge in [-0.2, -0.15) is 0 Å². The minimum Gasteiger partial charge on any atom is -0.460 e. The number of carbonyl (C=O) groups is 1. The van der Waals surface area contributed by atoms with Gasteiger partial charge in [-0.25, -0.2) is 4.98 Å². The van der Waals surface area contributed by atoms with Gasteiger partial charge in [0.05, 0.1) is 6.42 Å². The van der Waals surface area contributed by atoms with Crippen molar-refractivity contribution >= 4 is 17.3 Å². The monoisotopic (exact) mass is 213 g/mol. The van der Waals surface area contributed by atoms with Crippen LogP contribution in [0.2, 0.25) is 0 Å². The molecule has 0 N–H and O–H groups in total. The molecule has 0 atom stereocenters. The molecule has 4 heteroatoms. The van der Waals surface area contributed by atoms with E-state index in [1.165, 1.54) is 11.3 Å². The van der Waals surface area contributed by atoms with Crippen molar-refractivity contribution in [1.82, 2.24) is 4.98 Å². The van der Waals surface area contributed by atoms with Crippen LogP contribution in [0, 0.1) is 6.92 Å². The molecule has 78 valence electrons. The Kier molecular flexibility index (Phi) is 3.26. The van der Waals surface area contributed by atoms with Gasteiger partial charge in [0.25, 0.3) is 0 Å². The first kappa shape index (κ1) is 11.2. The second-order valence-corrected chi connectivity index (χ2v) is 5.09. The Morgan fingerprint density at radius 3 is 2.64 bits per heavy atom. The van der Waals surface area contributed by atoms with Gasteiger partial charge in [0.1, 0.15) is 10.6 Å².